The number of nitrogens with one attached hydrogen (secondary N) is 2. The van der Waals surface area contributed by atoms with E-state index in [0.29, 0.717) is 23.5 Å². The number of allylic oxidation sites excluding steroid dienone is 2. The lowest BCUT2D eigenvalue weighted by Gasteiger charge is -2.33. The molecular weight excluding hydrogens is 1230 g/mol. The molecule has 6 aliphatic rings. The standard InChI is InChI=1S/C27H32FN2O10P.C15H21ClNO4P.C10H12FNO6.4C2H6/c1-3-26(35)24(34)27(28,39-25(26)30-15-14-19(31)16-22(30)32)17-37-41(36,40-21-12-8-5-9-13-21)29-18(2)23(33)38-20-10-6-4-7-11-20;1-12(15(18)20-13-8-4-2-5-9-13)17-22(16,19)21-14-10-6-3-7-11-14;11-10(4-13)8(17)7(16)9(18-10)12-2-1-5(14)3-6(12)15;4*1-2/h1,5,8-9,12-15,18,20,24-25,34-35H,4,6-7,10-11,16-17H2,2H3,(H,29,36);3,6-7,10-13H,2,4-5,8-9H2,1H3,(H,17,19);1-2,7-9,13,16-17H,3-4H2;4*1-2H3/t18-,24-,25+,26+,27+,41?;12-,22?;7-,8+,9-,10-;;;;/m001..../s1. The molecule has 2 amide bonds. The van der Waals surface area contributed by atoms with E-state index in [1.807, 2.05) is 67.4 Å². The fourth-order valence-electron chi connectivity index (χ4n) is 8.96. The Hall–Kier alpha value is -5.49. The predicted octanol–water partition coefficient (Wildman–Crippen LogP) is 8.52. The second-order valence-corrected chi connectivity index (χ2v) is 24.1. The quantitative estimate of drug-likeness (QED) is 0.0318. The molecule has 2 aromatic carbocycles. The average Bonchev–Trinajstić information content (AvgIpc) is 1.61. The summed E-state index contributed by atoms with van der Waals surface area (Å²) in [4.78, 5) is 72.7. The van der Waals surface area contributed by atoms with Gasteiger partial charge in [0.05, 0.1) is 12.8 Å². The van der Waals surface area contributed by atoms with Crippen molar-refractivity contribution in [3.63, 3.8) is 0 Å². The first-order valence-electron chi connectivity index (χ1n) is 29.9. The maximum Gasteiger partial charge on any atom is 0.459 e. The Morgan fingerprint density at radius 1 is 0.697 bits per heavy atom. The van der Waals surface area contributed by atoms with Crippen LogP contribution in [0.25, 0.3) is 0 Å². The third-order valence-corrected chi connectivity index (χ3v) is 16.6. The van der Waals surface area contributed by atoms with Crippen molar-refractivity contribution in [1.29, 1.82) is 0 Å². The van der Waals surface area contributed by atoms with Crippen LogP contribution in [0.5, 0.6) is 11.5 Å². The summed E-state index contributed by atoms with van der Waals surface area (Å²) in [6.45, 7) is 12.8. The van der Waals surface area contributed by atoms with Gasteiger partial charge in [0.1, 0.15) is 61.2 Å². The highest BCUT2D eigenvalue weighted by atomic mass is 35.7. The number of nitrogens with zero attached hydrogens (tertiary/aromatic N) is 2. The van der Waals surface area contributed by atoms with Gasteiger partial charge in [0.25, 0.3) is 11.7 Å². The molecule has 2 aliphatic carbocycles. The van der Waals surface area contributed by atoms with Gasteiger partial charge in [-0.1, -0.05) is 111 Å². The van der Waals surface area contributed by atoms with Crippen molar-refractivity contribution in [2.24, 2.45) is 0 Å². The molecule has 12 atom stereocenters. The minimum atomic E-state index is -4.60. The number of aliphatic hydroxyl groups is 5. The zero-order valence-electron chi connectivity index (χ0n) is 52.0. The monoisotopic (exact) mass is 1320 g/mol. The summed E-state index contributed by atoms with van der Waals surface area (Å²) in [6.07, 6.45) is 7.89. The van der Waals surface area contributed by atoms with E-state index >= 15 is 4.39 Å². The molecule has 4 heterocycles. The van der Waals surface area contributed by atoms with E-state index in [0.717, 1.165) is 74.4 Å². The van der Waals surface area contributed by atoms with Crippen LogP contribution in [0.3, 0.4) is 0 Å². The first-order valence-corrected chi connectivity index (χ1v) is 33.9. The summed E-state index contributed by atoms with van der Waals surface area (Å²) >= 11 is 5.87. The molecule has 29 heteroatoms. The van der Waals surface area contributed by atoms with Gasteiger partial charge in [0.15, 0.2) is 30.1 Å². The first-order chi connectivity index (χ1) is 42.2. The average molecular weight is 1320 g/mol. The number of hydrogen-bond donors (Lipinski definition) is 7. The van der Waals surface area contributed by atoms with Crippen molar-refractivity contribution in [2.45, 2.75) is 219 Å². The topological polar surface area (TPSA) is 333 Å². The van der Waals surface area contributed by atoms with Crippen LogP contribution in [0, 0.1) is 12.3 Å². The van der Waals surface area contributed by atoms with Crippen molar-refractivity contribution in [2.75, 3.05) is 13.2 Å². The van der Waals surface area contributed by atoms with Gasteiger partial charge >= 0.3 is 26.6 Å². The molecule has 7 N–H and O–H groups in total. The molecule has 2 aromatic rings. The number of rotatable bonds is 18. The number of carbonyl (C=O) groups is 6. The number of ether oxygens (including phenoxy) is 4. The van der Waals surface area contributed by atoms with Gasteiger partial charge in [-0.3, -0.25) is 43.1 Å². The number of hydrogen-bond acceptors (Lipinski definition) is 20. The number of benzene rings is 2. The largest absolute Gasteiger partial charge is 0.461 e. The van der Waals surface area contributed by atoms with Gasteiger partial charge < -0.3 is 53.5 Å². The molecular formula is C60H89ClF2N4O20P2. The van der Waals surface area contributed by atoms with Crippen LogP contribution in [-0.2, 0) is 61.4 Å². The Kier molecular flexibility index (Phi) is 34.3. The Bertz CT molecular complexity index is 2760. The molecule has 500 valence electrons. The molecule has 4 aliphatic heterocycles. The van der Waals surface area contributed by atoms with Crippen LogP contribution >= 0.6 is 25.9 Å². The predicted molar refractivity (Wildman–Crippen MR) is 325 cm³/mol. The number of terminal acetylenes is 1. The number of para-hydroxylation sites is 2. The van der Waals surface area contributed by atoms with Crippen molar-refractivity contribution in [3.05, 3.63) is 85.2 Å². The summed E-state index contributed by atoms with van der Waals surface area (Å²) in [5, 5.41) is 54.4. The fraction of sp³-hybridized carbons (Fsp3) is 0.600. The molecule has 2 saturated heterocycles. The smallest absolute Gasteiger partial charge is 0.459 e. The number of aliphatic hydroxyl groups excluding tert-OH is 4. The highest BCUT2D eigenvalue weighted by Crippen LogP contribution is 2.50. The van der Waals surface area contributed by atoms with Gasteiger partial charge in [-0.2, -0.15) is 5.09 Å². The van der Waals surface area contributed by atoms with Crippen molar-refractivity contribution >= 4 is 61.2 Å². The minimum absolute atomic E-state index is 0.0451. The third kappa shape index (κ3) is 23.3. The van der Waals surface area contributed by atoms with Gasteiger partial charge in [0.2, 0.25) is 17.4 Å². The molecule has 8 rings (SSSR count). The number of amides is 2. The Balaban J connectivity index is 0.000000472. The summed E-state index contributed by atoms with van der Waals surface area (Å²) in [7, 11) is -4.60. The molecule has 0 bridgehead atoms. The SMILES string of the molecule is C#C[C@]1(O)[C@H](N2C=CC(=O)CC2=O)O[C@](F)(COP(=O)(N[C@@H](C)C(=O)OC2CCCCC2)Oc2ccccc2)[C@H]1O.CC.CC.CC.CC.C[C@H](NP(=O)(Cl)Oc1ccccc1)C(=O)OC1CCCCC1.O=C1C=CN([C@@H]2O[C@](F)(CO)[C@@H](O)[C@H]2O)C(=O)C1. The van der Waals surface area contributed by atoms with E-state index in [-0.39, 0.29) is 18.0 Å². The number of alkyl halides is 2. The molecule has 0 aromatic heterocycles. The lowest BCUT2D eigenvalue weighted by Crippen LogP contribution is -2.56. The van der Waals surface area contributed by atoms with Gasteiger partial charge in [-0.25, -0.2) is 23.0 Å². The maximum atomic E-state index is 16.1. The zero-order valence-corrected chi connectivity index (χ0v) is 54.6. The lowest BCUT2D eigenvalue weighted by molar-refractivity contribution is -0.212. The van der Waals surface area contributed by atoms with Crippen molar-refractivity contribution in [1.82, 2.24) is 20.0 Å². The number of ketones is 2. The zero-order chi connectivity index (χ0) is 67.3. The van der Waals surface area contributed by atoms with Gasteiger partial charge in [0, 0.05) is 23.6 Å². The molecule has 0 spiro atoms. The summed E-state index contributed by atoms with van der Waals surface area (Å²) in [5.74, 6) is -7.56. The second-order valence-electron chi connectivity index (χ2n) is 19.7. The van der Waals surface area contributed by atoms with Gasteiger partial charge in [-0.05, 0) is 102 Å². The van der Waals surface area contributed by atoms with Crippen LogP contribution in [0.1, 0.15) is 146 Å². The molecule has 24 nitrogen and oxygen atoms in total. The Morgan fingerprint density at radius 2 is 1.12 bits per heavy atom. The second kappa shape index (κ2) is 38.4. The highest BCUT2D eigenvalue weighted by Gasteiger charge is 2.67. The minimum Gasteiger partial charge on any atom is -0.461 e. The molecule has 89 heavy (non-hydrogen) atoms. The van der Waals surface area contributed by atoms with E-state index in [1.165, 1.54) is 25.5 Å². The molecule has 2 unspecified atom stereocenters. The van der Waals surface area contributed by atoms with Crippen LogP contribution in [0.15, 0.2) is 85.2 Å². The molecule has 2 saturated carbocycles. The van der Waals surface area contributed by atoms with Crippen LogP contribution < -0.4 is 19.2 Å². The lowest BCUT2D eigenvalue weighted by atomic mass is 9.93. The van der Waals surface area contributed by atoms with Crippen molar-refractivity contribution in [3.8, 4) is 23.8 Å². The fourth-order valence-corrected chi connectivity index (χ4v) is 12.2. The van der Waals surface area contributed by atoms with E-state index in [9.17, 15) is 62.7 Å². The van der Waals surface area contributed by atoms with Gasteiger partial charge in [-0.15, -0.1) is 6.42 Å². The number of carbonyl (C=O) groups excluding carboxylic acids is 6. The Morgan fingerprint density at radius 3 is 1.54 bits per heavy atom. The van der Waals surface area contributed by atoms with E-state index < -0.39 is 136 Å². The number of halogens is 3. The molecule has 0 radical (unpaired) electrons. The Labute approximate surface area is 524 Å². The highest BCUT2D eigenvalue weighted by molar-refractivity contribution is 7.84. The van der Waals surface area contributed by atoms with E-state index in [2.05, 4.69) is 10.2 Å². The van der Waals surface area contributed by atoms with Crippen LogP contribution in [0.2, 0.25) is 0 Å². The first kappa shape index (κ1) is 79.6. The van der Waals surface area contributed by atoms with Crippen LogP contribution in [-0.4, -0.2) is 156 Å². The normalized spacial score (nSPS) is 27.6. The third-order valence-electron chi connectivity index (χ3n) is 13.4. The summed E-state index contributed by atoms with van der Waals surface area (Å²) < 4.78 is 92.8. The summed E-state index contributed by atoms with van der Waals surface area (Å²) in [6, 6.07) is 14.3. The molecule has 4 fully saturated rings. The number of esters is 2. The van der Waals surface area contributed by atoms with Crippen molar-refractivity contribution < 1.29 is 105 Å². The van der Waals surface area contributed by atoms with E-state index in [1.54, 1.807) is 49.4 Å². The van der Waals surface area contributed by atoms with E-state index in [4.69, 9.17) is 55.3 Å². The van der Waals surface area contributed by atoms with Crippen LogP contribution in [0.4, 0.5) is 8.78 Å². The summed E-state index contributed by atoms with van der Waals surface area (Å²) in [5.41, 5.74) is -2.78. The maximum absolute atomic E-state index is 16.1.